The van der Waals surface area contributed by atoms with Gasteiger partial charge in [-0.3, -0.25) is 0 Å². The minimum Gasteiger partial charge on any atom is -0.325 e. The quantitative estimate of drug-likeness (QED) is 0.775. The monoisotopic (exact) mass is 182 g/mol. The lowest BCUT2D eigenvalue weighted by atomic mass is 10.1. The van der Waals surface area contributed by atoms with Gasteiger partial charge in [0.25, 0.3) is 0 Å². The van der Waals surface area contributed by atoms with Crippen molar-refractivity contribution in [3.8, 4) is 0 Å². The van der Waals surface area contributed by atoms with Crippen molar-refractivity contribution in [3.63, 3.8) is 0 Å². The Kier molecular flexibility index (Phi) is 1.93. The Morgan fingerprint density at radius 2 is 2.42 bits per heavy atom. The number of rotatable bonds is 3. The van der Waals surface area contributed by atoms with E-state index in [4.69, 9.17) is 5.73 Å². The summed E-state index contributed by atoms with van der Waals surface area (Å²) in [6.07, 6.45) is 6.64. The zero-order valence-corrected chi connectivity index (χ0v) is 8.16. The van der Waals surface area contributed by atoms with Crippen molar-refractivity contribution in [2.24, 2.45) is 5.73 Å². The van der Waals surface area contributed by atoms with Gasteiger partial charge in [0.05, 0.1) is 0 Å². The number of nitrogens with zero attached hydrogens (tertiary/aromatic N) is 1. The van der Waals surface area contributed by atoms with Crippen molar-refractivity contribution in [2.75, 3.05) is 0 Å². The van der Waals surface area contributed by atoms with Gasteiger partial charge in [0.1, 0.15) is 0 Å². The van der Waals surface area contributed by atoms with Crippen molar-refractivity contribution >= 4 is 11.5 Å². The fraction of sp³-hybridized carbons (Fsp3) is 0.667. The zero-order valence-electron chi connectivity index (χ0n) is 7.34. The summed E-state index contributed by atoms with van der Waals surface area (Å²) in [7, 11) is 0. The van der Waals surface area contributed by atoms with Gasteiger partial charge in [-0.25, -0.2) is 4.37 Å². The molecule has 3 heteroatoms. The zero-order chi connectivity index (χ0) is 8.60. The summed E-state index contributed by atoms with van der Waals surface area (Å²) in [6.45, 7) is 2.13. The Morgan fingerprint density at radius 1 is 1.67 bits per heavy atom. The number of aromatic nitrogens is 1. The maximum Gasteiger partial charge on any atom is 0.0441 e. The maximum absolute atomic E-state index is 6.00. The highest BCUT2D eigenvalue weighted by atomic mass is 32.1. The first-order chi connectivity index (χ1) is 5.70. The van der Waals surface area contributed by atoms with Crippen molar-refractivity contribution in [1.29, 1.82) is 0 Å². The average molecular weight is 182 g/mol. The van der Waals surface area contributed by atoms with Crippen LogP contribution in [0.15, 0.2) is 6.20 Å². The van der Waals surface area contributed by atoms with E-state index in [0.29, 0.717) is 0 Å². The van der Waals surface area contributed by atoms with Gasteiger partial charge in [-0.15, -0.1) is 0 Å². The standard InChI is InChI=1S/C9H14N2S/c1-7-8(6-11-12-7)2-3-9(10)4-5-9/h6H,2-5,10H2,1H3. The lowest BCUT2D eigenvalue weighted by Crippen LogP contribution is -2.22. The SMILES string of the molecule is Cc1sncc1CCC1(N)CC1. The Morgan fingerprint density at radius 3 is 2.92 bits per heavy atom. The van der Waals surface area contributed by atoms with Crippen LogP contribution in [0.3, 0.4) is 0 Å². The molecule has 0 amide bonds. The molecule has 0 aliphatic heterocycles. The number of hydrogen-bond acceptors (Lipinski definition) is 3. The summed E-state index contributed by atoms with van der Waals surface area (Å²) in [5.41, 5.74) is 7.57. The first-order valence-corrected chi connectivity index (χ1v) is 5.16. The molecule has 0 spiro atoms. The predicted octanol–water partition coefficient (Wildman–Crippen LogP) is 1.88. The van der Waals surface area contributed by atoms with E-state index in [-0.39, 0.29) is 5.54 Å². The summed E-state index contributed by atoms with van der Waals surface area (Å²) in [6, 6.07) is 0. The highest BCUT2D eigenvalue weighted by Gasteiger charge is 2.37. The summed E-state index contributed by atoms with van der Waals surface area (Å²) in [5, 5.41) is 0. The summed E-state index contributed by atoms with van der Waals surface area (Å²) in [4.78, 5) is 1.35. The summed E-state index contributed by atoms with van der Waals surface area (Å²) < 4.78 is 4.14. The molecule has 0 saturated heterocycles. The van der Waals surface area contributed by atoms with Crippen molar-refractivity contribution in [1.82, 2.24) is 4.37 Å². The van der Waals surface area contributed by atoms with Gasteiger partial charge in [-0.05, 0) is 49.7 Å². The van der Waals surface area contributed by atoms with Crippen LogP contribution in [0.25, 0.3) is 0 Å². The molecule has 0 unspecified atom stereocenters. The fourth-order valence-electron chi connectivity index (χ4n) is 1.35. The minimum absolute atomic E-state index is 0.189. The van der Waals surface area contributed by atoms with Gasteiger partial charge >= 0.3 is 0 Å². The molecule has 2 rings (SSSR count). The smallest absolute Gasteiger partial charge is 0.0441 e. The summed E-state index contributed by atoms with van der Waals surface area (Å²) >= 11 is 1.58. The Hall–Kier alpha value is -0.410. The van der Waals surface area contributed by atoms with E-state index in [1.165, 1.54) is 23.3 Å². The highest BCUT2D eigenvalue weighted by Crippen LogP contribution is 2.36. The molecule has 12 heavy (non-hydrogen) atoms. The van der Waals surface area contributed by atoms with E-state index in [9.17, 15) is 0 Å². The molecular weight excluding hydrogens is 168 g/mol. The third-order valence-electron chi connectivity index (χ3n) is 2.63. The van der Waals surface area contributed by atoms with Crippen LogP contribution in [-0.2, 0) is 6.42 Å². The maximum atomic E-state index is 6.00. The van der Waals surface area contributed by atoms with Crippen molar-refractivity contribution < 1.29 is 0 Å². The topological polar surface area (TPSA) is 38.9 Å². The van der Waals surface area contributed by atoms with Gasteiger partial charge in [-0.1, -0.05) is 0 Å². The van der Waals surface area contributed by atoms with Gasteiger partial charge < -0.3 is 5.73 Å². The van der Waals surface area contributed by atoms with E-state index in [2.05, 4.69) is 11.3 Å². The van der Waals surface area contributed by atoms with Gasteiger partial charge in [0.15, 0.2) is 0 Å². The van der Waals surface area contributed by atoms with E-state index in [0.717, 1.165) is 12.8 Å². The largest absolute Gasteiger partial charge is 0.325 e. The normalized spacial score (nSPS) is 19.5. The molecule has 1 aromatic rings. The first kappa shape index (κ1) is 8.20. The van der Waals surface area contributed by atoms with Crippen LogP contribution < -0.4 is 5.73 Å². The second-order valence-corrected chi connectivity index (χ2v) is 4.78. The fourth-order valence-corrected chi connectivity index (χ4v) is 1.96. The molecule has 1 aromatic heterocycles. The molecule has 0 aromatic carbocycles. The van der Waals surface area contributed by atoms with Crippen LogP contribution in [-0.4, -0.2) is 9.91 Å². The Balaban J connectivity index is 1.91. The van der Waals surface area contributed by atoms with Crippen LogP contribution >= 0.6 is 11.5 Å². The molecule has 0 atom stereocenters. The average Bonchev–Trinajstić information content (AvgIpc) is 2.61. The van der Waals surface area contributed by atoms with E-state index >= 15 is 0 Å². The second kappa shape index (κ2) is 2.82. The minimum atomic E-state index is 0.189. The van der Waals surface area contributed by atoms with Crippen LogP contribution in [0.4, 0.5) is 0 Å². The third-order valence-corrected chi connectivity index (χ3v) is 3.38. The lowest BCUT2D eigenvalue weighted by molar-refractivity contribution is 0.608. The van der Waals surface area contributed by atoms with Gasteiger partial charge in [0, 0.05) is 16.6 Å². The molecule has 1 fully saturated rings. The van der Waals surface area contributed by atoms with Crippen LogP contribution in [0.2, 0.25) is 0 Å². The van der Waals surface area contributed by atoms with E-state index < -0.39 is 0 Å². The van der Waals surface area contributed by atoms with Crippen molar-refractivity contribution in [2.45, 2.75) is 38.1 Å². The number of hydrogen-bond donors (Lipinski definition) is 1. The third kappa shape index (κ3) is 1.67. The number of nitrogens with two attached hydrogens (primary N) is 1. The van der Waals surface area contributed by atoms with Crippen molar-refractivity contribution in [3.05, 3.63) is 16.6 Å². The van der Waals surface area contributed by atoms with Crippen LogP contribution in [0.5, 0.6) is 0 Å². The predicted molar refractivity (Wildman–Crippen MR) is 51.3 cm³/mol. The molecule has 0 radical (unpaired) electrons. The molecule has 0 bridgehead atoms. The Bertz CT molecular complexity index is 276. The van der Waals surface area contributed by atoms with Crippen LogP contribution in [0.1, 0.15) is 29.7 Å². The van der Waals surface area contributed by atoms with Gasteiger partial charge in [0.2, 0.25) is 0 Å². The molecule has 1 heterocycles. The number of aryl methyl sites for hydroxylation is 2. The van der Waals surface area contributed by atoms with Gasteiger partial charge in [-0.2, -0.15) is 0 Å². The second-order valence-electron chi connectivity index (χ2n) is 3.77. The summed E-state index contributed by atoms with van der Waals surface area (Å²) in [5.74, 6) is 0. The Labute approximate surface area is 77.0 Å². The molecule has 2 nitrogen and oxygen atoms in total. The lowest BCUT2D eigenvalue weighted by Gasteiger charge is -2.06. The molecule has 1 aliphatic carbocycles. The highest BCUT2D eigenvalue weighted by molar-refractivity contribution is 7.05. The molecule has 66 valence electrons. The van der Waals surface area contributed by atoms with E-state index in [1.807, 2.05) is 6.20 Å². The van der Waals surface area contributed by atoms with Crippen LogP contribution in [0, 0.1) is 6.92 Å². The molecule has 1 aliphatic rings. The molecule has 1 saturated carbocycles. The first-order valence-electron chi connectivity index (χ1n) is 4.39. The molecular formula is C9H14N2S. The molecule has 2 N–H and O–H groups in total. The van der Waals surface area contributed by atoms with E-state index in [1.54, 1.807) is 11.5 Å².